The molecule has 0 atom stereocenters. The molecule has 2 aromatic rings. The molecule has 5 heteroatoms. The maximum absolute atomic E-state index is 11.3. The molecule has 0 fully saturated rings. The van der Waals surface area contributed by atoms with E-state index in [9.17, 15) is 8.42 Å². The molecule has 0 amide bonds. The third-order valence-corrected chi connectivity index (χ3v) is 2.21. The van der Waals surface area contributed by atoms with Gasteiger partial charge < -0.3 is 5.48 Å². The first kappa shape index (κ1) is 4.21. The first-order chi connectivity index (χ1) is 10.9. The second-order valence-electron chi connectivity index (χ2n) is 2.43. The van der Waals surface area contributed by atoms with Gasteiger partial charge in [-0.05, 0) is 22.9 Å². The molecule has 0 aromatic heterocycles. The molecule has 0 bridgehead atoms. The minimum atomic E-state index is -4.98. The fraction of sp³-hybridized carbons (Fsp3) is 0. The normalized spacial score (nSPS) is 18.9. The number of hydrogen-bond donors (Lipinski definition) is 1. The van der Waals surface area contributed by atoms with Crippen molar-refractivity contribution in [1.29, 1.82) is 2.86 Å². The quantitative estimate of drug-likeness (QED) is 0.755. The maximum atomic E-state index is 11.3. The molecule has 3 N–H and O–H groups in total. The van der Waals surface area contributed by atoms with Crippen LogP contribution >= 0.6 is 0 Å². The van der Waals surface area contributed by atoms with E-state index < -0.39 is 68.1 Å². The first-order valence-corrected chi connectivity index (χ1v) is 4.91. The topological polar surface area (TPSA) is 85.9 Å². The van der Waals surface area contributed by atoms with Gasteiger partial charge in [-0.25, -0.2) is 0 Å². The molecule has 4 nitrogen and oxygen atoms in total. The van der Waals surface area contributed by atoms with Crippen LogP contribution in [0.5, 0.6) is 0 Å². The van der Waals surface area contributed by atoms with E-state index in [-0.39, 0.29) is 0 Å². The van der Waals surface area contributed by atoms with Crippen LogP contribution in [0.4, 0.5) is 0 Å². The van der Waals surface area contributed by atoms with E-state index in [4.69, 9.17) is 17.0 Å². The number of rotatable bonds is 1. The Morgan fingerprint density at radius 1 is 1.20 bits per heavy atom. The van der Waals surface area contributed by atoms with Crippen LogP contribution in [0.1, 0.15) is 9.60 Å². The molecule has 80 valence electrons. The lowest BCUT2D eigenvalue weighted by Gasteiger charge is -1.99. The van der Waals surface area contributed by atoms with Crippen molar-refractivity contribution in [2.24, 2.45) is 0 Å². The Morgan fingerprint density at radius 3 is 2.40 bits per heavy atom. The van der Waals surface area contributed by atoms with Crippen molar-refractivity contribution >= 4 is 20.9 Å². The molecule has 0 saturated heterocycles. The summed E-state index contributed by atoms with van der Waals surface area (Å²) < 4.78 is 95.8. The highest BCUT2D eigenvalue weighted by Crippen LogP contribution is 2.18. The lowest BCUT2D eigenvalue weighted by atomic mass is 10.1. The minimum Gasteiger partial charge on any atom is -0.412 e. The Morgan fingerprint density at radius 2 is 1.80 bits per heavy atom. The summed E-state index contributed by atoms with van der Waals surface area (Å²) >= 11 is 0. The van der Waals surface area contributed by atoms with Gasteiger partial charge in [-0.1, -0.05) is 30.2 Å². The Hall–Kier alpha value is -1.43. The molecule has 0 radical (unpaired) electrons. The molecular weight excluding hydrogens is 216 g/mol. The van der Waals surface area contributed by atoms with Crippen molar-refractivity contribution < 1.29 is 28.0 Å². The molecule has 0 heterocycles. The van der Waals surface area contributed by atoms with Gasteiger partial charge in [0.05, 0.1) is 14.5 Å². The smallest absolute Gasteiger partial charge is 0.294 e. The SMILES string of the molecule is [2H]O[2H].[2H]c1c([2H])c([2H])c2c([2H])c(S(=O)(=O)O)c([2H])c([2H])c2c1[2H]. The molecular formula is C10H10O4S. The number of hydrogen-bond acceptors (Lipinski definition) is 2. The molecule has 2 aromatic carbocycles. The molecule has 15 heavy (non-hydrogen) atoms. The van der Waals surface area contributed by atoms with Gasteiger partial charge in [0.15, 0.2) is 0 Å². The van der Waals surface area contributed by atoms with Gasteiger partial charge in [-0.15, -0.1) is 0 Å². The van der Waals surface area contributed by atoms with E-state index >= 15 is 0 Å². The molecule has 0 aliphatic heterocycles. The van der Waals surface area contributed by atoms with Crippen molar-refractivity contribution in [2.75, 3.05) is 0 Å². The van der Waals surface area contributed by atoms with Crippen LogP contribution in [-0.2, 0) is 10.1 Å². The van der Waals surface area contributed by atoms with E-state index in [1.165, 1.54) is 0 Å². The van der Waals surface area contributed by atoms with Gasteiger partial charge >= 0.3 is 0 Å². The van der Waals surface area contributed by atoms with Crippen molar-refractivity contribution in [3.8, 4) is 0 Å². The Labute approximate surface area is 100 Å². The summed E-state index contributed by atoms with van der Waals surface area (Å²) in [5.41, 5.74) is 2.75. The predicted molar refractivity (Wildman–Crippen MR) is 57.4 cm³/mol. The van der Waals surface area contributed by atoms with Crippen molar-refractivity contribution in [2.45, 2.75) is 4.90 Å². The van der Waals surface area contributed by atoms with Crippen LogP contribution in [0.3, 0.4) is 0 Å². The zero-order valence-electron chi connectivity index (χ0n) is 16.1. The second-order valence-corrected chi connectivity index (χ2v) is 3.79. The summed E-state index contributed by atoms with van der Waals surface area (Å²) in [6.07, 6.45) is 0. The average Bonchev–Trinajstić information content (AvgIpc) is 2.46. The highest BCUT2D eigenvalue weighted by Gasteiger charge is 2.08. The third-order valence-electron chi connectivity index (χ3n) is 1.49. The maximum Gasteiger partial charge on any atom is 0.294 e. The third kappa shape index (κ3) is 2.33. The van der Waals surface area contributed by atoms with Crippen molar-refractivity contribution in [1.82, 2.24) is 0 Å². The lowest BCUT2D eigenvalue weighted by molar-refractivity contribution is 0.483. The molecule has 2 rings (SSSR count). The standard InChI is InChI=1S/C10H8O3S.H2O/c11-14(12,13)10-6-5-8-3-1-2-4-9(8)7-10;/h1-7H,(H,11,12,13);1H2/i1D,2D,3D,4D,5D,6D,7D;/hD2. The fourth-order valence-electron chi connectivity index (χ4n) is 0.893. The first-order valence-electron chi connectivity index (χ1n) is 7.79. The molecule has 0 unspecified atom stereocenters. The zero-order valence-corrected chi connectivity index (χ0v) is 7.90. The van der Waals surface area contributed by atoms with Gasteiger partial charge in [0.25, 0.3) is 10.1 Å². The fourth-order valence-corrected chi connectivity index (χ4v) is 1.30. The van der Waals surface area contributed by atoms with Crippen LogP contribution in [0.15, 0.2) is 47.2 Å². The van der Waals surface area contributed by atoms with E-state index in [0.29, 0.717) is 0 Å². The van der Waals surface area contributed by atoms with Crippen molar-refractivity contribution in [3.05, 3.63) is 42.3 Å². The van der Waals surface area contributed by atoms with Gasteiger partial charge in [-0.3, -0.25) is 4.55 Å². The molecule has 0 saturated carbocycles. The summed E-state index contributed by atoms with van der Waals surface area (Å²) in [7, 11) is -4.98. The van der Waals surface area contributed by atoms with Crippen LogP contribution in [-0.4, -0.2) is 21.3 Å². The highest BCUT2D eigenvalue weighted by atomic mass is 32.2. The summed E-state index contributed by atoms with van der Waals surface area (Å²) in [6, 6.07) is -5.39. The van der Waals surface area contributed by atoms with E-state index in [0.717, 1.165) is 0 Å². The van der Waals surface area contributed by atoms with Gasteiger partial charge in [-0.2, -0.15) is 8.42 Å². The second kappa shape index (κ2) is 3.98. The minimum absolute atomic E-state index is 0.427. The molecule has 0 aliphatic rings. The van der Waals surface area contributed by atoms with Crippen LogP contribution in [0.2, 0.25) is 0 Å². The lowest BCUT2D eigenvalue weighted by Crippen LogP contribution is -1.97. The van der Waals surface area contributed by atoms with Gasteiger partial charge in [0.1, 0.15) is 0 Å². The van der Waals surface area contributed by atoms with Gasteiger partial charge in [0, 0.05) is 0 Å². The Balaban J connectivity index is 0.000000891. The van der Waals surface area contributed by atoms with Crippen molar-refractivity contribution in [3.63, 3.8) is 0 Å². The molecule has 0 spiro atoms. The van der Waals surface area contributed by atoms with E-state index in [1.807, 2.05) is 0 Å². The largest absolute Gasteiger partial charge is 0.412 e. The Bertz CT molecular complexity index is 913. The van der Waals surface area contributed by atoms with Crippen LogP contribution in [0, 0.1) is 0 Å². The number of fused-ring (bicyclic) bond motifs is 1. The summed E-state index contributed by atoms with van der Waals surface area (Å²) in [5, 5.41) is -0.946. The van der Waals surface area contributed by atoms with Gasteiger partial charge in [0.2, 0.25) is 2.86 Å². The monoisotopic (exact) mass is 235 g/mol. The van der Waals surface area contributed by atoms with E-state index in [1.54, 1.807) is 0 Å². The number of benzene rings is 2. The predicted octanol–water partition coefficient (Wildman–Crippen LogP) is 1.26. The summed E-state index contributed by atoms with van der Waals surface area (Å²) in [4.78, 5) is -1.15. The van der Waals surface area contributed by atoms with E-state index in [2.05, 4.69) is 5.48 Å². The summed E-state index contributed by atoms with van der Waals surface area (Å²) in [6.45, 7) is 0. The average molecular weight is 235 g/mol. The zero-order chi connectivity index (χ0) is 19.0. The molecule has 0 aliphatic carbocycles. The highest BCUT2D eigenvalue weighted by molar-refractivity contribution is 7.85. The van der Waals surface area contributed by atoms with Crippen LogP contribution < -0.4 is 0 Å². The summed E-state index contributed by atoms with van der Waals surface area (Å²) in [5.74, 6) is 0. The van der Waals surface area contributed by atoms with Crippen LogP contribution in [0.25, 0.3) is 10.8 Å². The Kier molecular flexibility index (Phi) is 1.12.